The summed E-state index contributed by atoms with van der Waals surface area (Å²) in [6.45, 7) is 2.97. The number of nitrogens with one attached hydrogen (secondary N) is 1. The molecule has 1 aromatic heterocycles. The number of rotatable bonds is 10. The Kier molecular flexibility index (Phi) is 7.93. The number of methoxy groups -OCH3 is 3. The van der Waals surface area contributed by atoms with Crippen LogP contribution < -0.4 is 14.2 Å². The quantitative estimate of drug-likeness (QED) is 0.423. The summed E-state index contributed by atoms with van der Waals surface area (Å²) >= 11 is 1.05. The third-order valence-corrected chi connectivity index (χ3v) is 7.81. The molecule has 3 rings (SSSR count). The van der Waals surface area contributed by atoms with Crippen molar-refractivity contribution in [2.75, 3.05) is 41.0 Å². The number of ether oxygens (including phenoxy) is 3. The monoisotopic (exact) mass is 468 g/mol. The zero-order valence-electron chi connectivity index (χ0n) is 18.0. The van der Waals surface area contributed by atoms with Gasteiger partial charge in [-0.1, -0.05) is 0 Å². The van der Waals surface area contributed by atoms with Gasteiger partial charge in [0.1, 0.15) is 9.77 Å². The van der Waals surface area contributed by atoms with Gasteiger partial charge in [-0.05, 0) is 60.5 Å². The lowest BCUT2D eigenvalue weighted by atomic mass is 9.98. The molecule has 2 aromatic rings. The summed E-state index contributed by atoms with van der Waals surface area (Å²) in [5.74, 6) is 0.843. The molecule has 10 heteroatoms. The predicted molar refractivity (Wildman–Crippen MR) is 119 cm³/mol. The molecule has 1 aliphatic heterocycles. The molecule has 0 saturated carbocycles. The van der Waals surface area contributed by atoms with E-state index in [9.17, 15) is 13.2 Å². The molecule has 8 nitrogen and oxygen atoms in total. The van der Waals surface area contributed by atoms with Crippen LogP contribution in [0, 0.1) is 0 Å². The van der Waals surface area contributed by atoms with E-state index in [0.29, 0.717) is 13.0 Å². The van der Waals surface area contributed by atoms with Crippen molar-refractivity contribution in [1.82, 2.24) is 9.62 Å². The second-order valence-corrected chi connectivity index (χ2v) is 9.86. The van der Waals surface area contributed by atoms with Gasteiger partial charge in [-0.2, -0.15) is 0 Å². The van der Waals surface area contributed by atoms with E-state index in [2.05, 4.69) is 14.4 Å². The van der Waals surface area contributed by atoms with E-state index < -0.39 is 16.0 Å². The molecule has 0 bridgehead atoms. The van der Waals surface area contributed by atoms with Crippen LogP contribution in [0.3, 0.4) is 0 Å². The van der Waals surface area contributed by atoms with E-state index in [4.69, 9.17) is 9.47 Å². The minimum Gasteiger partial charge on any atom is -0.493 e. The van der Waals surface area contributed by atoms with Crippen LogP contribution in [0.25, 0.3) is 0 Å². The van der Waals surface area contributed by atoms with Crippen molar-refractivity contribution in [3.8, 4) is 11.5 Å². The number of sulfonamides is 1. The van der Waals surface area contributed by atoms with Crippen LogP contribution in [0.5, 0.6) is 11.5 Å². The Balaban J connectivity index is 1.48. The second kappa shape index (κ2) is 10.4. The van der Waals surface area contributed by atoms with Crippen molar-refractivity contribution in [2.24, 2.45) is 0 Å². The molecule has 1 aliphatic rings. The van der Waals surface area contributed by atoms with Crippen molar-refractivity contribution in [3.05, 3.63) is 39.6 Å². The lowest BCUT2D eigenvalue weighted by molar-refractivity contribution is 0.0602. The number of carbonyl (C=O) groups is 1. The zero-order chi connectivity index (χ0) is 22.4. The number of fused-ring (bicyclic) bond motifs is 1. The third-order valence-electron chi connectivity index (χ3n) is 5.28. The average molecular weight is 469 g/mol. The first-order valence-corrected chi connectivity index (χ1v) is 12.4. The maximum atomic E-state index is 12.5. The second-order valence-electron chi connectivity index (χ2n) is 7.21. The molecule has 0 atom stereocenters. The Bertz CT molecular complexity index is 1020. The fourth-order valence-corrected chi connectivity index (χ4v) is 6.03. The molecule has 2 heterocycles. The van der Waals surface area contributed by atoms with Crippen molar-refractivity contribution in [3.63, 3.8) is 0 Å². The van der Waals surface area contributed by atoms with E-state index in [1.807, 2.05) is 12.1 Å². The molecule has 0 amide bonds. The summed E-state index contributed by atoms with van der Waals surface area (Å²) in [4.78, 5) is 14.2. The fraction of sp³-hybridized carbons (Fsp3) is 0.476. The summed E-state index contributed by atoms with van der Waals surface area (Å²) in [5.41, 5.74) is 2.51. The van der Waals surface area contributed by atoms with Gasteiger partial charge in [0.25, 0.3) is 0 Å². The maximum absolute atomic E-state index is 12.5. The first kappa shape index (κ1) is 23.5. The van der Waals surface area contributed by atoms with Crippen molar-refractivity contribution in [2.45, 2.75) is 30.7 Å². The van der Waals surface area contributed by atoms with Crippen molar-refractivity contribution < 1.29 is 27.4 Å². The number of carbonyl (C=O) groups excluding carboxylic acids is 1. The van der Waals surface area contributed by atoms with E-state index in [1.165, 1.54) is 24.3 Å². The highest BCUT2D eigenvalue weighted by atomic mass is 32.2. The Hall–Kier alpha value is -2.14. The highest BCUT2D eigenvalue weighted by Crippen LogP contribution is 2.33. The standard InChI is InChI=1S/C21H28N2O6S2/c1-27-17-12-15-6-10-23(14-16(15)13-18(17)28-2)9-5-4-8-22-31(25,26)19-7-11-30-20(19)21(24)29-3/h7,11-13,22H,4-6,8-10,14H2,1-3H3. The van der Waals surface area contributed by atoms with Gasteiger partial charge in [0, 0.05) is 19.6 Å². The van der Waals surface area contributed by atoms with Crippen LogP contribution in [-0.2, 0) is 27.7 Å². The Morgan fingerprint density at radius 2 is 1.84 bits per heavy atom. The summed E-state index contributed by atoms with van der Waals surface area (Å²) in [6.07, 6.45) is 2.50. The van der Waals surface area contributed by atoms with Crippen molar-refractivity contribution >= 4 is 27.3 Å². The van der Waals surface area contributed by atoms with Gasteiger partial charge in [0.2, 0.25) is 10.0 Å². The van der Waals surface area contributed by atoms with Crippen LogP contribution in [0.2, 0.25) is 0 Å². The largest absolute Gasteiger partial charge is 0.493 e. The van der Waals surface area contributed by atoms with Crippen LogP contribution in [0.15, 0.2) is 28.5 Å². The molecular weight excluding hydrogens is 440 g/mol. The van der Waals surface area contributed by atoms with E-state index >= 15 is 0 Å². The molecule has 170 valence electrons. The van der Waals surface area contributed by atoms with Gasteiger partial charge in [-0.3, -0.25) is 4.90 Å². The summed E-state index contributed by atoms with van der Waals surface area (Å²) in [5, 5.41) is 1.57. The van der Waals surface area contributed by atoms with E-state index in [-0.39, 0.29) is 9.77 Å². The number of nitrogens with zero attached hydrogens (tertiary/aromatic N) is 1. The number of benzene rings is 1. The molecular formula is C21H28N2O6S2. The average Bonchev–Trinajstić information content (AvgIpc) is 3.28. The van der Waals surface area contributed by atoms with E-state index in [1.54, 1.807) is 19.6 Å². The number of hydrogen-bond acceptors (Lipinski definition) is 8. The molecule has 0 radical (unpaired) electrons. The first-order valence-electron chi connectivity index (χ1n) is 10.0. The molecule has 1 aromatic carbocycles. The molecule has 0 spiro atoms. The Morgan fingerprint density at radius 1 is 1.13 bits per heavy atom. The molecule has 0 unspecified atom stereocenters. The summed E-state index contributed by atoms with van der Waals surface area (Å²) < 4.78 is 43.0. The normalized spacial score (nSPS) is 14.2. The highest BCUT2D eigenvalue weighted by Gasteiger charge is 2.24. The highest BCUT2D eigenvalue weighted by molar-refractivity contribution is 7.89. The van der Waals surface area contributed by atoms with Gasteiger partial charge < -0.3 is 14.2 Å². The van der Waals surface area contributed by atoms with E-state index in [0.717, 1.165) is 55.3 Å². The Morgan fingerprint density at radius 3 is 2.52 bits per heavy atom. The van der Waals surface area contributed by atoms with Crippen LogP contribution in [-0.4, -0.2) is 60.3 Å². The number of unbranched alkanes of at least 4 members (excludes halogenated alkanes) is 1. The molecule has 31 heavy (non-hydrogen) atoms. The predicted octanol–water partition coefficient (Wildman–Crippen LogP) is 2.67. The molecule has 0 aliphatic carbocycles. The van der Waals surface area contributed by atoms with Crippen LogP contribution in [0.1, 0.15) is 33.6 Å². The molecule has 0 saturated heterocycles. The third kappa shape index (κ3) is 5.57. The SMILES string of the molecule is COC(=O)c1sccc1S(=O)(=O)NCCCCN1CCc2cc(OC)c(OC)cc2C1. The maximum Gasteiger partial charge on any atom is 0.349 e. The first-order chi connectivity index (χ1) is 14.9. The minimum absolute atomic E-state index is 0.0265. The topological polar surface area (TPSA) is 94.2 Å². The molecule has 1 N–H and O–H groups in total. The van der Waals surface area contributed by atoms with Gasteiger partial charge in [-0.15, -0.1) is 11.3 Å². The Labute approximate surface area is 187 Å². The summed E-state index contributed by atoms with van der Waals surface area (Å²) in [6, 6.07) is 5.51. The van der Waals surface area contributed by atoms with Crippen LogP contribution >= 0.6 is 11.3 Å². The number of hydrogen-bond donors (Lipinski definition) is 1. The van der Waals surface area contributed by atoms with Crippen molar-refractivity contribution in [1.29, 1.82) is 0 Å². The molecule has 0 fully saturated rings. The number of thiophene rings is 1. The lowest BCUT2D eigenvalue weighted by Crippen LogP contribution is -2.32. The van der Waals surface area contributed by atoms with Gasteiger partial charge >= 0.3 is 5.97 Å². The van der Waals surface area contributed by atoms with Gasteiger partial charge in [-0.25, -0.2) is 17.9 Å². The lowest BCUT2D eigenvalue weighted by Gasteiger charge is -2.29. The minimum atomic E-state index is -3.74. The zero-order valence-corrected chi connectivity index (χ0v) is 19.6. The fourth-order valence-electron chi connectivity index (χ4n) is 3.63. The van der Waals surface area contributed by atoms with Crippen LogP contribution in [0.4, 0.5) is 0 Å². The van der Waals surface area contributed by atoms with Gasteiger partial charge in [0.15, 0.2) is 11.5 Å². The summed E-state index contributed by atoms with van der Waals surface area (Å²) in [7, 11) is 0.768. The smallest absolute Gasteiger partial charge is 0.349 e. The number of esters is 1. The van der Waals surface area contributed by atoms with Gasteiger partial charge in [0.05, 0.1) is 21.3 Å².